The Kier molecular flexibility index (Phi) is 7.83. The van der Waals surface area contributed by atoms with Crippen LogP contribution < -0.4 is 8.39 Å². The molecule has 8 heteroatoms. The monoisotopic (exact) mass is 476 g/mol. The van der Waals surface area contributed by atoms with Crippen LogP contribution in [0.4, 0.5) is 5.82 Å². The van der Waals surface area contributed by atoms with Gasteiger partial charge in [0, 0.05) is 0 Å². The number of imidazole rings is 1. The molecule has 1 aliphatic heterocycles. The number of rotatable bonds is 6. The summed E-state index contributed by atoms with van der Waals surface area (Å²) in [4.78, 5) is 28.3. The van der Waals surface area contributed by atoms with Gasteiger partial charge in [0.1, 0.15) is 0 Å². The fourth-order valence-corrected chi connectivity index (χ4v) is 4.97. The molecule has 3 aromatic carbocycles. The molecule has 1 aromatic heterocycles. The molecule has 0 aliphatic carbocycles. The van der Waals surface area contributed by atoms with Gasteiger partial charge in [-0.3, -0.25) is 4.79 Å². The van der Waals surface area contributed by atoms with E-state index >= 15 is 0 Å². The largest absolute Gasteiger partial charge is 0.483 e. The molecule has 0 spiro atoms. The van der Waals surface area contributed by atoms with E-state index < -0.39 is 5.54 Å². The summed E-state index contributed by atoms with van der Waals surface area (Å²) in [5, 5.41) is 9.98. The van der Waals surface area contributed by atoms with Gasteiger partial charge in [-0.1, -0.05) is 0 Å². The van der Waals surface area contributed by atoms with Gasteiger partial charge in [0.15, 0.2) is 0 Å². The first kappa shape index (κ1) is 24.9. The molecular formula is C27H25N4NaO3. The number of carboxylic acid groups (broad SMARTS) is 1. The van der Waals surface area contributed by atoms with Crippen LogP contribution in [0.25, 0.3) is 0 Å². The van der Waals surface area contributed by atoms with Gasteiger partial charge in [0.2, 0.25) is 0 Å². The summed E-state index contributed by atoms with van der Waals surface area (Å²) in [6.07, 6.45) is 1.74. The van der Waals surface area contributed by atoms with Crippen LogP contribution in [0, 0.1) is 0 Å². The first-order chi connectivity index (χ1) is 17.0. The van der Waals surface area contributed by atoms with E-state index in [9.17, 15) is 4.79 Å². The second-order valence-corrected chi connectivity index (χ2v) is 9.22. The average molecular weight is 477 g/mol. The first-order valence-electron chi connectivity index (χ1n) is 11.3. The average Bonchev–Trinajstić information content (AvgIpc) is 3.64. The molecule has 2 atom stereocenters. The van der Waals surface area contributed by atoms with Crippen LogP contribution in [0.1, 0.15) is 16.7 Å². The van der Waals surface area contributed by atoms with Crippen LogP contribution in [0.2, 0.25) is 0 Å². The quantitative estimate of drug-likeness (QED) is 0.193. The van der Waals surface area contributed by atoms with Gasteiger partial charge in [-0.2, -0.15) is 0 Å². The maximum absolute atomic E-state index is 13.3. The van der Waals surface area contributed by atoms with Crippen LogP contribution in [0.5, 0.6) is 0 Å². The fourth-order valence-electron chi connectivity index (χ4n) is 4.60. The second kappa shape index (κ2) is 11.0. The Labute approximate surface area is 221 Å². The molecule has 5 rings (SSSR count). The third kappa shape index (κ3) is 4.94. The molecule has 1 amide bonds. The number of hydrogen-bond acceptors (Lipinski definition) is 4. The van der Waals surface area contributed by atoms with E-state index in [0.717, 1.165) is 53.5 Å². The predicted octanol–water partition coefficient (Wildman–Crippen LogP) is 2.53. The summed E-state index contributed by atoms with van der Waals surface area (Å²) in [5.74, 6) is 0.749. The van der Waals surface area contributed by atoms with Crippen LogP contribution in [-0.2, 0) is 22.2 Å². The van der Waals surface area contributed by atoms with E-state index in [-0.39, 0.29) is 18.4 Å². The van der Waals surface area contributed by atoms with E-state index in [1.54, 1.807) is 6.20 Å². The normalized spacial score (nSPS) is 16.5. The number of anilines is 1. The molecule has 0 radical (unpaired) electrons. The smallest absolute Gasteiger partial charge is 0.290 e. The molecule has 1 fully saturated rings. The van der Waals surface area contributed by atoms with Gasteiger partial charge in [-0.25, -0.2) is 0 Å². The van der Waals surface area contributed by atoms with E-state index in [1.165, 1.54) is 0 Å². The van der Waals surface area contributed by atoms with E-state index in [4.69, 9.17) is 9.90 Å². The molecular weight excluding hydrogens is 451 g/mol. The molecule has 1 aliphatic rings. The van der Waals surface area contributed by atoms with Crippen LogP contribution in [0.15, 0.2) is 97.2 Å². The van der Waals surface area contributed by atoms with Gasteiger partial charge in [0.25, 0.3) is 6.47 Å². The maximum Gasteiger partial charge on any atom is 0.290 e. The summed E-state index contributed by atoms with van der Waals surface area (Å²) in [6, 6.07) is 31.2. The van der Waals surface area contributed by atoms with E-state index in [2.05, 4.69) is 88.0 Å². The maximum atomic E-state index is 13.3. The number of nitrogens with one attached hydrogen (secondary N) is 1. The SMILES string of the molecule is Cn1c(NC(=O)C2CN2C(c2ccccc2)(c2ccccc2)c2ccccc2)cn[c]1[Na].O=CO. The molecule has 1 saturated heterocycles. The molecule has 7 nitrogen and oxygen atoms in total. The van der Waals surface area contributed by atoms with Crippen molar-refractivity contribution in [2.24, 2.45) is 7.05 Å². The van der Waals surface area contributed by atoms with Gasteiger partial charge >= 0.3 is 206 Å². The van der Waals surface area contributed by atoms with Crippen molar-refractivity contribution >= 4 is 49.2 Å². The van der Waals surface area contributed by atoms with Crippen molar-refractivity contribution in [1.29, 1.82) is 0 Å². The number of benzene rings is 3. The Balaban J connectivity index is 0.000000917. The Morgan fingerprint density at radius 3 is 1.77 bits per heavy atom. The number of carbonyl (C=O) groups excluding carboxylic acids is 1. The van der Waals surface area contributed by atoms with Gasteiger partial charge < -0.3 is 5.11 Å². The third-order valence-corrected chi connectivity index (χ3v) is 7.32. The number of hydrogen-bond donors (Lipinski definition) is 2. The summed E-state index contributed by atoms with van der Waals surface area (Å²) in [5.41, 5.74) is 2.89. The summed E-state index contributed by atoms with van der Waals surface area (Å²) in [7, 11) is 1.94. The molecule has 0 bridgehead atoms. The van der Waals surface area contributed by atoms with Gasteiger partial charge in [-0.15, -0.1) is 0 Å². The zero-order chi connectivity index (χ0) is 24.8. The van der Waals surface area contributed by atoms with Crippen molar-refractivity contribution in [3.8, 4) is 0 Å². The molecule has 35 heavy (non-hydrogen) atoms. The van der Waals surface area contributed by atoms with Crippen LogP contribution >= 0.6 is 0 Å². The number of carbonyl (C=O) groups is 2. The van der Waals surface area contributed by atoms with E-state index in [1.807, 2.05) is 29.8 Å². The Morgan fingerprint density at radius 1 is 0.971 bits per heavy atom. The minimum Gasteiger partial charge on any atom is -0.483 e. The van der Waals surface area contributed by atoms with Gasteiger partial charge in [-0.05, 0) is 0 Å². The molecule has 4 aromatic rings. The molecule has 2 heterocycles. The van der Waals surface area contributed by atoms with Crippen molar-refractivity contribution < 1.29 is 14.7 Å². The Hall–Kier alpha value is -3.23. The van der Waals surface area contributed by atoms with Crippen LogP contribution in [-0.4, -0.2) is 72.5 Å². The van der Waals surface area contributed by atoms with Crippen molar-refractivity contribution in [3.63, 3.8) is 0 Å². The summed E-state index contributed by atoms with van der Waals surface area (Å²) >= 11 is 0.837. The minimum absolute atomic E-state index is 0.00170. The van der Waals surface area contributed by atoms with Crippen molar-refractivity contribution in [2.75, 3.05) is 11.9 Å². The molecule has 0 saturated carbocycles. The predicted molar refractivity (Wildman–Crippen MR) is 136 cm³/mol. The van der Waals surface area contributed by atoms with Crippen molar-refractivity contribution in [2.45, 2.75) is 11.6 Å². The Bertz CT molecular complexity index is 1180. The summed E-state index contributed by atoms with van der Waals surface area (Å²) < 4.78 is 2.95. The fraction of sp³-hybridized carbons (Fsp3) is 0.148. The third-order valence-electron chi connectivity index (χ3n) is 6.39. The van der Waals surface area contributed by atoms with Crippen LogP contribution in [0.3, 0.4) is 0 Å². The topological polar surface area (TPSA) is 87.2 Å². The standard InChI is InChI=1S/C26H23N4O.CH2O2.Na/c1-29-19-27-17-24(29)28-25(31)23-18-30(23)26(20-11-5-2-6-12-20,21-13-7-3-8-14-21)22-15-9-4-10-16-22;2-1-3;/h2-17,23H,18H2,1H3,(H,28,31);1H,(H,2,3);. The Morgan fingerprint density at radius 2 is 1.40 bits per heavy atom. The molecule has 172 valence electrons. The first-order valence-corrected chi connectivity index (χ1v) is 12.3. The second-order valence-electron chi connectivity index (χ2n) is 8.32. The number of amides is 1. The molecule has 2 N–H and O–H groups in total. The molecule has 2 unspecified atom stereocenters. The number of nitrogens with zero attached hydrogens (tertiary/aromatic N) is 3. The zero-order valence-electron chi connectivity index (χ0n) is 19.7. The number of aromatic nitrogens is 2. The van der Waals surface area contributed by atoms with Crippen molar-refractivity contribution in [1.82, 2.24) is 14.5 Å². The van der Waals surface area contributed by atoms with E-state index in [0.29, 0.717) is 6.54 Å². The zero-order valence-corrected chi connectivity index (χ0v) is 21.7. The van der Waals surface area contributed by atoms with Gasteiger partial charge in [0.05, 0.1) is 0 Å². The van der Waals surface area contributed by atoms with Crippen molar-refractivity contribution in [3.05, 3.63) is 114 Å². The minimum atomic E-state index is -0.554. The summed E-state index contributed by atoms with van der Waals surface area (Å²) in [6.45, 7) is 0.427.